The number of carboxylic acids is 3. The van der Waals surface area contributed by atoms with Gasteiger partial charge in [0.1, 0.15) is 12.7 Å². The van der Waals surface area contributed by atoms with Crippen LogP contribution in [0.15, 0.2) is 0 Å². The van der Waals surface area contributed by atoms with Gasteiger partial charge in [-0.3, -0.25) is 0 Å². The van der Waals surface area contributed by atoms with Crippen LogP contribution in [0.2, 0.25) is 0 Å². The van der Waals surface area contributed by atoms with Crippen LogP contribution in [-0.4, -0.2) is 35.7 Å². The average Bonchev–Trinajstić information content (AvgIpc) is 1.96. The summed E-state index contributed by atoms with van der Waals surface area (Å²) in [4.78, 5) is 30.0. The zero-order chi connectivity index (χ0) is 10.4. The first-order valence-electron chi connectivity index (χ1n) is 3.17. The molecule has 0 saturated carbocycles. The van der Waals surface area contributed by atoms with Crippen molar-refractivity contribution in [2.45, 2.75) is 12.5 Å². The van der Waals surface area contributed by atoms with E-state index in [0.717, 1.165) is 0 Å². The van der Waals surface area contributed by atoms with Gasteiger partial charge in [0.2, 0.25) is 0 Å². The maximum atomic E-state index is 10.1. The van der Waals surface area contributed by atoms with Crippen molar-refractivity contribution in [1.29, 1.82) is 0 Å². The van der Waals surface area contributed by atoms with Gasteiger partial charge in [-0.05, 0) is 0 Å². The Hall–Kier alpha value is 3.28. The molecule has 0 aliphatic carbocycles. The maximum absolute atomic E-state index is 10.1. The van der Waals surface area contributed by atoms with Gasteiger partial charge in [0.15, 0.2) is 0 Å². The normalized spacial score (nSPS) is 9.75. The summed E-state index contributed by atoms with van der Waals surface area (Å²) >= 11 is 0. The quantitative estimate of drug-likeness (QED) is 0.483. The number of hydrogen-bond donors (Lipinski definition) is 1. The van der Waals surface area contributed by atoms with Crippen molar-refractivity contribution in [3.8, 4) is 0 Å². The number of ether oxygens (including phenoxy) is 1. The smallest absolute Gasteiger partial charge is 0.550 e. The molecule has 1 atom stereocenters. The van der Waals surface area contributed by atoms with Crippen molar-refractivity contribution < 1.29 is 189 Å². The van der Waals surface area contributed by atoms with Gasteiger partial charge >= 0.3 is 160 Å². The molecule has 0 rings (SSSR count). The molecule has 1 unspecified atom stereocenters. The molecular weight excluding hydrogens is 301 g/mol. The predicted molar refractivity (Wildman–Crippen MR) is 32.0 cm³/mol. The summed E-state index contributed by atoms with van der Waals surface area (Å²) in [6.45, 7) is -0.897. The van der Waals surface area contributed by atoms with E-state index >= 15 is 0 Å². The Morgan fingerprint density at radius 1 is 1.12 bits per heavy atom. The number of rotatable bonds is 6. The summed E-state index contributed by atoms with van der Waals surface area (Å²) in [5.41, 5.74) is 0. The molecule has 0 aliphatic rings. The van der Waals surface area contributed by atoms with Gasteiger partial charge in [0, 0.05) is 12.4 Å². The third-order valence-electron chi connectivity index (χ3n) is 1.02. The van der Waals surface area contributed by atoms with Crippen LogP contribution in [0.4, 0.5) is 0 Å². The summed E-state index contributed by atoms with van der Waals surface area (Å²) in [7, 11) is 0. The molecule has 16 heavy (non-hydrogen) atoms. The van der Waals surface area contributed by atoms with Crippen molar-refractivity contribution in [1.82, 2.24) is 0 Å². The largest absolute Gasteiger partial charge is 1.00 e. The van der Waals surface area contributed by atoms with E-state index in [-0.39, 0.29) is 154 Å². The van der Waals surface area contributed by atoms with Crippen molar-refractivity contribution in [2.75, 3.05) is 6.61 Å². The molecule has 0 aromatic heterocycles. The summed E-state index contributed by atoms with van der Waals surface area (Å²) in [5, 5.41) is 28.1. The van der Waals surface area contributed by atoms with Crippen LogP contribution in [0, 0.1) is 0 Å². The molecule has 74 valence electrons. The summed E-state index contributed by atoms with van der Waals surface area (Å²) in [5.74, 6) is -4.84. The molecule has 0 heterocycles. The minimum atomic E-state index is -1.79. The first-order valence-corrected chi connectivity index (χ1v) is 3.17. The van der Waals surface area contributed by atoms with Gasteiger partial charge < -0.3 is 29.6 Å². The van der Waals surface area contributed by atoms with Crippen LogP contribution in [0.3, 0.4) is 0 Å². The number of carbonyl (C=O) groups excluding carboxylic acids is 2. The van der Waals surface area contributed by atoms with Gasteiger partial charge in [-0.25, -0.2) is 4.79 Å². The second-order valence-corrected chi connectivity index (χ2v) is 2.09. The Kier molecular flexibility index (Phi) is 28.2. The molecule has 7 nitrogen and oxygen atoms in total. The summed E-state index contributed by atoms with van der Waals surface area (Å²) in [6, 6.07) is 0. The molecular formula is C6H6K3O7+. The van der Waals surface area contributed by atoms with Crippen molar-refractivity contribution >= 4 is 17.9 Å². The fourth-order valence-electron chi connectivity index (χ4n) is 0.534. The summed E-state index contributed by atoms with van der Waals surface area (Å²) < 4.78 is 4.19. The number of carboxylic acid groups (broad SMARTS) is 3. The first-order chi connectivity index (χ1) is 5.93. The monoisotopic (exact) mass is 307 g/mol. The Morgan fingerprint density at radius 3 is 1.81 bits per heavy atom. The summed E-state index contributed by atoms with van der Waals surface area (Å²) in [6.07, 6.45) is -2.73. The van der Waals surface area contributed by atoms with Gasteiger partial charge in [-0.2, -0.15) is 0 Å². The minimum absolute atomic E-state index is 0. The van der Waals surface area contributed by atoms with Crippen LogP contribution in [-0.2, 0) is 19.1 Å². The van der Waals surface area contributed by atoms with E-state index in [0.29, 0.717) is 0 Å². The molecule has 0 amide bonds. The van der Waals surface area contributed by atoms with E-state index in [4.69, 9.17) is 5.11 Å². The fraction of sp³-hybridized carbons (Fsp3) is 0.500. The van der Waals surface area contributed by atoms with Crippen LogP contribution in [0.25, 0.3) is 0 Å². The molecule has 0 aromatic rings. The first kappa shape index (κ1) is 27.6. The number of carbonyl (C=O) groups is 3. The average molecular weight is 307 g/mol. The van der Waals surface area contributed by atoms with E-state index in [1.165, 1.54) is 0 Å². The minimum Gasteiger partial charge on any atom is -0.550 e. The zero-order valence-corrected chi connectivity index (χ0v) is 18.8. The molecule has 10 heteroatoms. The molecule has 0 bridgehead atoms. The third-order valence-corrected chi connectivity index (χ3v) is 1.02. The van der Waals surface area contributed by atoms with Gasteiger partial charge in [-0.15, -0.1) is 0 Å². The molecule has 0 fully saturated rings. The Labute approximate surface area is 219 Å². The van der Waals surface area contributed by atoms with Crippen LogP contribution in [0.1, 0.15) is 6.42 Å². The molecule has 0 saturated heterocycles. The second kappa shape index (κ2) is 16.3. The van der Waals surface area contributed by atoms with Gasteiger partial charge in [0.05, 0.1) is 5.97 Å². The molecule has 0 spiro atoms. The van der Waals surface area contributed by atoms with Gasteiger partial charge in [-0.1, -0.05) is 0 Å². The molecule has 1 N–H and O–H groups in total. The maximum Gasteiger partial charge on any atom is 1.00 e. The van der Waals surface area contributed by atoms with Crippen molar-refractivity contribution in [3.05, 3.63) is 0 Å². The van der Waals surface area contributed by atoms with E-state index in [9.17, 15) is 24.6 Å². The number of hydrogen-bond acceptors (Lipinski definition) is 6. The standard InChI is InChI=1S/C6H8O7.3K/c7-4(8)1-3(6(11)12)13-2-5(9)10;;;/h3H,1-2H2,(H,7,8)(H,9,10)(H,11,12);;;/q;3*+1/p-2. The Balaban J connectivity index is -0.000000240. The zero-order valence-electron chi connectivity index (χ0n) is 9.39. The van der Waals surface area contributed by atoms with Gasteiger partial charge in [0.25, 0.3) is 0 Å². The predicted octanol–water partition coefficient (Wildman–Crippen LogP) is -12.6. The fourth-order valence-corrected chi connectivity index (χ4v) is 0.534. The second-order valence-electron chi connectivity index (χ2n) is 2.09. The molecule has 0 radical (unpaired) electrons. The Bertz CT molecular complexity index is 232. The topological polar surface area (TPSA) is 127 Å². The van der Waals surface area contributed by atoms with E-state index < -0.39 is 37.0 Å². The third kappa shape index (κ3) is 17.3. The molecule has 0 aromatic carbocycles. The van der Waals surface area contributed by atoms with E-state index in [1.54, 1.807) is 0 Å². The SMILES string of the molecule is O=C([O-])CC(OCC(=O)O)C(=O)[O-].[K+].[K+].[K+]. The van der Waals surface area contributed by atoms with Crippen molar-refractivity contribution in [2.24, 2.45) is 0 Å². The van der Waals surface area contributed by atoms with Crippen LogP contribution in [0.5, 0.6) is 0 Å². The Morgan fingerprint density at radius 2 is 1.56 bits per heavy atom. The van der Waals surface area contributed by atoms with E-state index in [1.807, 2.05) is 0 Å². The number of aliphatic carboxylic acids is 3. The van der Waals surface area contributed by atoms with Crippen LogP contribution < -0.4 is 164 Å². The van der Waals surface area contributed by atoms with Crippen LogP contribution >= 0.6 is 0 Å². The van der Waals surface area contributed by atoms with E-state index in [2.05, 4.69) is 4.74 Å². The molecule has 0 aliphatic heterocycles. The van der Waals surface area contributed by atoms with Crippen molar-refractivity contribution in [3.63, 3.8) is 0 Å².